The van der Waals surface area contributed by atoms with Crippen LogP contribution in [-0.4, -0.2) is 37.6 Å². The predicted octanol–water partition coefficient (Wildman–Crippen LogP) is 4.48. The summed E-state index contributed by atoms with van der Waals surface area (Å²) in [5, 5.41) is 0. The summed E-state index contributed by atoms with van der Waals surface area (Å²) < 4.78 is 4.69. The molecule has 1 aliphatic heterocycles. The maximum absolute atomic E-state index is 11.3. The number of nitrogens with zero attached hydrogens (tertiary/aromatic N) is 1. The fraction of sp³-hybridized carbons (Fsp3) is 0.667. The van der Waals surface area contributed by atoms with Gasteiger partial charge in [0, 0.05) is 0 Å². The van der Waals surface area contributed by atoms with Crippen molar-refractivity contribution in [2.45, 2.75) is 59.3 Å². The van der Waals surface area contributed by atoms with Gasteiger partial charge in [0.2, 0.25) is 0 Å². The van der Waals surface area contributed by atoms with Crippen molar-refractivity contribution >= 4 is 5.97 Å². The number of esters is 1. The summed E-state index contributed by atoms with van der Waals surface area (Å²) in [6, 6.07) is 8.39. The number of methoxy groups -OCH3 is 1. The van der Waals surface area contributed by atoms with Crippen molar-refractivity contribution < 1.29 is 9.53 Å². The molecule has 1 fully saturated rings. The number of rotatable bonds is 7. The van der Waals surface area contributed by atoms with Crippen molar-refractivity contribution in [3.05, 3.63) is 35.4 Å². The maximum Gasteiger partial charge on any atom is 0.309 e. The van der Waals surface area contributed by atoms with E-state index in [0.29, 0.717) is 12.3 Å². The number of hydrogen-bond acceptors (Lipinski definition) is 3. The van der Waals surface area contributed by atoms with E-state index in [4.69, 9.17) is 4.74 Å². The van der Waals surface area contributed by atoms with Gasteiger partial charge < -0.3 is 9.64 Å². The van der Waals surface area contributed by atoms with Crippen LogP contribution in [0.15, 0.2) is 24.3 Å². The molecule has 0 saturated carbocycles. The van der Waals surface area contributed by atoms with E-state index in [9.17, 15) is 4.79 Å². The molecule has 1 atom stereocenters. The minimum Gasteiger partial charge on any atom is -0.469 e. The molecular weight excluding hydrogens is 298 g/mol. The van der Waals surface area contributed by atoms with Crippen molar-refractivity contribution in [2.24, 2.45) is 5.92 Å². The molecule has 0 amide bonds. The average Bonchev–Trinajstić information content (AvgIpc) is 2.64. The minimum atomic E-state index is -0.178. The molecule has 0 radical (unpaired) electrons. The number of likely N-dealkylation sites (tertiary alicyclic amines) is 1. The summed E-state index contributed by atoms with van der Waals surface area (Å²) in [6.45, 7) is 10.2. The van der Waals surface area contributed by atoms with E-state index in [1.807, 2.05) is 26.0 Å². The van der Waals surface area contributed by atoms with Crippen LogP contribution in [0.5, 0.6) is 0 Å². The van der Waals surface area contributed by atoms with Crippen LogP contribution in [0, 0.1) is 5.92 Å². The van der Waals surface area contributed by atoms with E-state index in [1.54, 1.807) is 0 Å². The number of piperidine rings is 1. The molecule has 1 unspecified atom stereocenters. The van der Waals surface area contributed by atoms with E-state index >= 15 is 0 Å². The zero-order valence-electron chi connectivity index (χ0n) is 16.0. The predicted molar refractivity (Wildman–Crippen MR) is 101 cm³/mol. The average molecular weight is 334 g/mol. The lowest BCUT2D eigenvalue weighted by molar-refractivity contribution is -0.139. The number of carbonyl (C=O) groups excluding carboxylic acids is 1. The molecule has 24 heavy (non-hydrogen) atoms. The quantitative estimate of drug-likeness (QED) is 0.689. The summed E-state index contributed by atoms with van der Waals surface area (Å²) in [5.74, 6) is 0.524. The van der Waals surface area contributed by atoms with Crippen molar-refractivity contribution in [3.8, 4) is 0 Å². The lowest BCUT2D eigenvalue weighted by atomic mass is 9.96. The third kappa shape index (κ3) is 7.96. The van der Waals surface area contributed by atoms with Gasteiger partial charge in [-0.2, -0.15) is 0 Å². The van der Waals surface area contributed by atoms with E-state index in [2.05, 4.69) is 24.0 Å². The lowest BCUT2D eigenvalue weighted by Gasteiger charge is -2.27. The van der Waals surface area contributed by atoms with Gasteiger partial charge in [-0.1, -0.05) is 51.5 Å². The van der Waals surface area contributed by atoms with Gasteiger partial charge >= 0.3 is 5.97 Å². The molecule has 1 aromatic carbocycles. The molecular formula is C21H35NO2. The second-order valence-corrected chi connectivity index (χ2v) is 6.57. The zero-order valence-corrected chi connectivity index (χ0v) is 16.0. The van der Waals surface area contributed by atoms with Crippen molar-refractivity contribution in [2.75, 3.05) is 26.7 Å². The van der Waals surface area contributed by atoms with Crippen molar-refractivity contribution in [1.82, 2.24) is 4.90 Å². The highest BCUT2D eigenvalue weighted by molar-refractivity contribution is 5.72. The number of hydrogen-bond donors (Lipinski definition) is 0. The Morgan fingerprint density at radius 3 is 2.25 bits per heavy atom. The van der Waals surface area contributed by atoms with Gasteiger partial charge in [0.25, 0.3) is 0 Å². The van der Waals surface area contributed by atoms with Crippen LogP contribution >= 0.6 is 0 Å². The molecule has 1 saturated heterocycles. The second kappa shape index (κ2) is 12.1. The van der Waals surface area contributed by atoms with Crippen molar-refractivity contribution in [3.63, 3.8) is 0 Å². The van der Waals surface area contributed by atoms with E-state index in [0.717, 1.165) is 12.0 Å². The van der Waals surface area contributed by atoms with E-state index in [-0.39, 0.29) is 5.97 Å². The highest BCUT2D eigenvalue weighted by Crippen LogP contribution is 2.16. The molecule has 0 N–H and O–H groups in total. The molecule has 3 nitrogen and oxygen atoms in total. The fourth-order valence-corrected chi connectivity index (χ4v) is 3.12. The first-order chi connectivity index (χ1) is 11.7. The first-order valence-electron chi connectivity index (χ1n) is 9.54. The number of carbonyl (C=O) groups is 1. The molecule has 2 rings (SSSR count). The third-order valence-electron chi connectivity index (χ3n) is 4.57. The van der Waals surface area contributed by atoms with Gasteiger partial charge in [0.15, 0.2) is 0 Å². The molecule has 0 aromatic heterocycles. The molecule has 1 aromatic rings. The Bertz CT molecular complexity index is 449. The molecule has 0 aliphatic carbocycles. The van der Waals surface area contributed by atoms with Crippen LogP contribution in [-0.2, 0) is 22.4 Å². The Morgan fingerprint density at radius 2 is 1.67 bits per heavy atom. The monoisotopic (exact) mass is 333 g/mol. The molecule has 1 heterocycles. The summed E-state index contributed by atoms with van der Waals surface area (Å²) in [5.41, 5.74) is 2.39. The maximum atomic E-state index is 11.3. The van der Waals surface area contributed by atoms with Crippen LogP contribution < -0.4 is 0 Å². The SMILES string of the molecule is CC.COC(=O)Cc1ccc(CC(C)CCN2CCCCC2)cc1. The minimum absolute atomic E-state index is 0.178. The standard InChI is InChI=1S/C19H29NO2.C2H6/c1-16(10-13-20-11-4-3-5-12-20)14-17-6-8-18(9-7-17)15-19(21)22-2;1-2/h6-9,16H,3-5,10-15H2,1-2H3;1-2H3. The van der Waals surface area contributed by atoms with E-state index < -0.39 is 0 Å². The molecule has 0 spiro atoms. The van der Waals surface area contributed by atoms with Crippen LogP contribution in [0.2, 0.25) is 0 Å². The summed E-state index contributed by atoms with van der Waals surface area (Å²) in [4.78, 5) is 13.9. The molecule has 1 aliphatic rings. The van der Waals surface area contributed by atoms with Gasteiger partial charge in [-0.15, -0.1) is 0 Å². The van der Waals surface area contributed by atoms with Gasteiger partial charge in [-0.3, -0.25) is 4.79 Å². The second-order valence-electron chi connectivity index (χ2n) is 6.57. The van der Waals surface area contributed by atoms with Crippen LogP contribution in [0.3, 0.4) is 0 Å². The Kier molecular flexibility index (Phi) is 10.4. The zero-order chi connectivity index (χ0) is 17.8. The summed E-state index contributed by atoms with van der Waals surface area (Å²) in [6.07, 6.45) is 6.90. The fourth-order valence-electron chi connectivity index (χ4n) is 3.12. The largest absolute Gasteiger partial charge is 0.469 e. The van der Waals surface area contributed by atoms with Gasteiger partial charge in [0.05, 0.1) is 13.5 Å². The van der Waals surface area contributed by atoms with Crippen LogP contribution in [0.25, 0.3) is 0 Å². The topological polar surface area (TPSA) is 29.5 Å². The first-order valence-corrected chi connectivity index (χ1v) is 9.54. The van der Waals surface area contributed by atoms with Gasteiger partial charge in [-0.05, 0) is 62.4 Å². The third-order valence-corrected chi connectivity index (χ3v) is 4.57. The summed E-state index contributed by atoms with van der Waals surface area (Å²) >= 11 is 0. The van der Waals surface area contributed by atoms with Crippen LogP contribution in [0.4, 0.5) is 0 Å². The smallest absolute Gasteiger partial charge is 0.309 e. The molecule has 136 valence electrons. The molecule has 3 heteroatoms. The Hall–Kier alpha value is -1.35. The Balaban J connectivity index is 0.00000139. The highest BCUT2D eigenvalue weighted by atomic mass is 16.5. The highest BCUT2D eigenvalue weighted by Gasteiger charge is 2.12. The molecule has 0 bridgehead atoms. The Labute approximate surface area is 148 Å². The number of ether oxygens (including phenoxy) is 1. The van der Waals surface area contributed by atoms with Crippen molar-refractivity contribution in [1.29, 1.82) is 0 Å². The van der Waals surface area contributed by atoms with Crippen LogP contribution in [0.1, 0.15) is 57.6 Å². The number of benzene rings is 1. The first kappa shape index (κ1) is 20.7. The lowest BCUT2D eigenvalue weighted by Crippen LogP contribution is -2.31. The normalized spacial score (nSPS) is 16.0. The van der Waals surface area contributed by atoms with Gasteiger partial charge in [-0.25, -0.2) is 0 Å². The summed E-state index contributed by atoms with van der Waals surface area (Å²) in [7, 11) is 1.43. The Morgan fingerprint density at radius 1 is 1.08 bits per heavy atom. The van der Waals surface area contributed by atoms with E-state index in [1.165, 1.54) is 58.0 Å². The van der Waals surface area contributed by atoms with Gasteiger partial charge in [0.1, 0.15) is 0 Å².